The second-order valence-electron chi connectivity index (χ2n) is 4.90. The number of hydrogen-bond donors (Lipinski definition) is 1. The molecule has 1 aliphatic heterocycles. The molecule has 21 heavy (non-hydrogen) atoms. The van der Waals surface area contributed by atoms with Crippen LogP contribution in [0.25, 0.3) is 0 Å². The van der Waals surface area contributed by atoms with Gasteiger partial charge in [-0.25, -0.2) is 0 Å². The average molecular weight is 287 g/mol. The molecule has 6 nitrogen and oxygen atoms in total. The van der Waals surface area contributed by atoms with Crippen LogP contribution in [-0.2, 0) is 6.54 Å². The van der Waals surface area contributed by atoms with E-state index < -0.39 is 0 Å². The van der Waals surface area contributed by atoms with Crippen LogP contribution < -0.4 is 14.8 Å². The predicted molar refractivity (Wildman–Crippen MR) is 76.5 cm³/mol. The number of amides is 1. The Morgan fingerprint density at radius 1 is 1.33 bits per heavy atom. The molecule has 0 radical (unpaired) electrons. The van der Waals surface area contributed by atoms with E-state index in [1.807, 2.05) is 23.9 Å². The zero-order valence-corrected chi connectivity index (χ0v) is 11.8. The molecule has 0 bridgehead atoms. The number of rotatable bonds is 5. The van der Waals surface area contributed by atoms with Crippen LogP contribution in [0.3, 0.4) is 0 Å². The van der Waals surface area contributed by atoms with Gasteiger partial charge < -0.3 is 14.8 Å². The molecule has 0 saturated heterocycles. The summed E-state index contributed by atoms with van der Waals surface area (Å²) in [4.78, 5) is 12.0. The van der Waals surface area contributed by atoms with Crippen LogP contribution in [0.1, 0.15) is 22.5 Å². The third-order valence-corrected chi connectivity index (χ3v) is 3.26. The number of nitrogens with zero attached hydrogens (tertiary/aromatic N) is 2. The van der Waals surface area contributed by atoms with Crippen LogP contribution in [0.2, 0.25) is 0 Å². The standard InChI is InChI=1S/C15H17N3O3/c1-11-5-8-18(17-11)7-2-6-16-15(19)12-3-4-13-14(9-12)21-10-20-13/h3-5,8-9H,2,6-7,10H2,1H3,(H,16,19). The second kappa shape index (κ2) is 5.87. The van der Waals surface area contributed by atoms with Gasteiger partial charge in [0, 0.05) is 24.8 Å². The second-order valence-corrected chi connectivity index (χ2v) is 4.90. The predicted octanol–water partition coefficient (Wildman–Crippen LogP) is 1.74. The fraction of sp³-hybridized carbons (Fsp3) is 0.333. The summed E-state index contributed by atoms with van der Waals surface area (Å²) in [5.41, 5.74) is 1.58. The summed E-state index contributed by atoms with van der Waals surface area (Å²) >= 11 is 0. The van der Waals surface area contributed by atoms with Crippen molar-refractivity contribution in [3.05, 3.63) is 41.7 Å². The van der Waals surface area contributed by atoms with Crippen molar-refractivity contribution in [1.82, 2.24) is 15.1 Å². The summed E-state index contributed by atoms with van der Waals surface area (Å²) < 4.78 is 12.4. The van der Waals surface area contributed by atoms with Crippen LogP contribution in [0, 0.1) is 6.92 Å². The summed E-state index contributed by atoms with van der Waals surface area (Å²) in [6.07, 6.45) is 2.77. The Balaban J connectivity index is 1.48. The van der Waals surface area contributed by atoms with E-state index >= 15 is 0 Å². The number of benzene rings is 1. The summed E-state index contributed by atoms with van der Waals surface area (Å²) in [7, 11) is 0. The van der Waals surface area contributed by atoms with Crippen LogP contribution in [-0.4, -0.2) is 29.0 Å². The number of aromatic nitrogens is 2. The maximum Gasteiger partial charge on any atom is 0.251 e. The third kappa shape index (κ3) is 3.16. The van der Waals surface area contributed by atoms with Gasteiger partial charge in [-0.2, -0.15) is 5.10 Å². The number of carbonyl (C=O) groups is 1. The molecule has 0 saturated carbocycles. The molecule has 2 heterocycles. The quantitative estimate of drug-likeness (QED) is 0.851. The van der Waals surface area contributed by atoms with E-state index in [1.54, 1.807) is 18.2 Å². The maximum atomic E-state index is 12.0. The lowest BCUT2D eigenvalue weighted by molar-refractivity contribution is 0.0952. The summed E-state index contributed by atoms with van der Waals surface area (Å²) in [5, 5.41) is 7.19. The van der Waals surface area contributed by atoms with E-state index in [2.05, 4.69) is 10.4 Å². The van der Waals surface area contributed by atoms with Gasteiger partial charge >= 0.3 is 0 Å². The molecular formula is C15H17N3O3. The van der Waals surface area contributed by atoms with Gasteiger partial charge in [0.05, 0.1) is 5.69 Å². The molecule has 0 fully saturated rings. The first-order chi connectivity index (χ1) is 10.2. The van der Waals surface area contributed by atoms with E-state index in [4.69, 9.17) is 9.47 Å². The normalized spacial score (nSPS) is 12.4. The first kappa shape index (κ1) is 13.5. The van der Waals surface area contributed by atoms with Crippen LogP contribution >= 0.6 is 0 Å². The van der Waals surface area contributed by atoms with Crippen molar-refractivity contribution < 1.29 is 14.3 Å². The molecule has 6 heteroatoms. The minimum absolute atomic E-state index is 0.107. The lowest BCUT2D eigenvalue weighted by Crippen LogP contribution is -2.25. The highest BCUT2D eigenvalue weighted by Gasteiger charge is 2.15. The molecule has 1 aromatic heterocycles. The molecule has 0 aliphatic carbocycles. The van der Waals surface area contributed by atoms with E-state index in [1.165, 1.54) is 0 Å². The Morgan fingerprint density at radius 3 is 3.00 bits per heavy atom. The Hall–Kier alpha value is -2.50. The molecule has 0 unspecified atom stereocenters. The van der Waals surface area contributed by atoms with Crippen LogP contribution in [0.15, 0.2) is 30.5 Å². The van der Waals surface area contributed by atoms with Crippen molar-refractivity contribution >= 4 is 5.91 Å². The average Bonchev–Trinajstić information content (AvgIpc) is 3.11. The molecule has 3 rings (SSSR count). The van der Waals surface area contributed by atoms with Gasteiger partial charge in [-0.15, -0.1) is 0 Å². The zero-order chi connectivity index (χ0) is 14.7. The van der Waals surface area contributed by atoms with E-state index in [-0.39, 0.29) is 12.7 Å². The van der Waals surface area contributed by atoms with Gasteiger partial charge in [-0.05, 0) is 37.6 Å². The van der Waals surface area contributed by atoms with Gasteiger partial charge in [-0.3, -0.25) is 9.48 Å². The molecule has 0 spiro atoms. The SMILES string of the molecule is Cc1ccn(CCCNC(=O)c2ccc3c(c2)OCO3)n1. The Labute approximate surface area is 122 Å². The molecule has 2 aromatic rings. The summed E-state index contributed by atoms with van der Waals surface area (Å²) in [6, 6.07) is 7.16. The highest BCUT2D eigenvalue weighted by Crippen LogP contribution is 2.32. The van der Waals surface area contributed by atoms with Crippen molar-refractivity contribution in [2.24, 2.45) is 0 Å². The monoisotopic (exact) mass is 287 g/mol. The number of carbonyl (C=O) groups excluding carboxylic acids is 1. The van der Waals surface area contributed by atoms with Gasteiger partial charge in [0.2, 0.25) is 6.79 Å². The fourth-order valence-electron chi connectivity index (χ4n) is 2.17. The Bertz CT molecular complexity index is 651. The summed E-state index contributed by atoms with van der Waals surface area (Å²) in [5.74, 6) is 1.19. The van der Waals surface area contributed by atoms with E-state index in [0.29, 0.717) is 23.6 Å². The maximum absolute atomic E-state index is 12.0. The molecule has 1 amide bonds. The highest BCUT2D eigenvalue weighted by molar-refractivity contribution is 5.94. The van der Waals surface area contributed by atoms with Gasteiger partial charge in [0.1, 0.15) is 0 Å². The highest BCUT2D eigenvalue weighted by atomic mass is 16.7. The molecular weight excluding hydrogens is 270 g/mol. The first-order valence-corrected chi connectivity index (χ1v) is 6.90. The molecule has 0 atom stereocenters. The van der Waals surface area contributed by atoms with Crippen molar-refractivity contribution in [2.45, 2.75) is 19.9 Å². The number of ether oxygens (including phenoxy) is 2. The minimum atomic E-state index is -0.107. The topological polar surface area (TPSA) is 65.4 Å². The molecule has 1 aromatic carbocycles. The molecule has 1 N–H and O–H groups in total. The van der Waals surface area contributed by atoms with E-state index in [0.717, 1.165) is 18.7 Å². The van der Waals surface area contributed by atoms with Gasteiger partial charge in [0.25, 0.3) is 5.91 Å². The smallest absolute Gasteiger partial charge is 0.251 e. The summed E-state index contributed by atoms with van der Waals surface area (Å²) in [6.45, 7) is 3.56. The number of aryl methyl sites for hydroxylation is 2. The third-order valence-electron chi connectivity index (χ3n) is 3.26. The Morgan fingerprint density at radius 2 is 2.19 bits per heavy atom. The Kier molecular flexibility index (Phi) is 3.77. The molecule has 110 valence electrons. The number of hydrogen-bond acceptors (Lipinski definition) is 4. The lowest BCUT2D eigenvalue weighted by Gasteiger charge is -2.06. The lowest BCUT2D eigenvalue weighted by atomic mass is 10.2. The van der Waals surface area contributed by atoms with Crippen LogP contribution in [0.4, 0.5) is 0 Å². The largest absolute Gasteiger partial charge is 0.454 e. The fourth-order valence-corrected chi connectivity index (χ4v) is 2.17. The van der Waals surface area contributed by atoms with Gasteiger partial charge in [-0.1, -0.05) is 0 Å². The minimum Gasteiger partial charge on any atom is -0.454 e. The molecule has 1 aliphatic rings. The van der Waals surface area contributed by atoms with Crippen LogP contribution in [0.5, 0.6) is 11.5 Å². The van der Waals surface area contributed by atoms with E-state index in [9.17, 15) is 4.79 Å². The number of nitrogens with one attached hydrogen (secondary N) is 1. The van der Waals surface area contributed by atoms with Crippen molar-refractivity contribution in [1.29, 1.82) is 0 Å². The number of fused-ring (bicyclic) bond motifs is 1. The van der Waals surface area contributed by atoms with Crippen molar-refractivity contribution in [3.63, 3.8) is 0 Å². The van der Waals surface area contributed by atoms with Crippen molar-refractivity contribution in [3.8, 4) is 11.5 Å². The zero-order valence-electron chi connectivity index (χ0n) is 11.8. The van der Waals surface area contributed by atoms with Crippen molar-refractivity contribution in [2.75, 3.05) is 13.3 Å². The van der Waals surface area contributed by atoms with Gasteiger partial charge in [0.15, 0.2) is 11.5 Å². The first-order valence-electron chi connectivity index (χ1n) is 6.90.